The summed E-state index contributed by atoms with van der Waals surface area (Å²) in [6, 6.07) is 7.12. The first kappa shape index (κ1) is 13.9. The summed E-state index contributed by atoms with van der Waals surface area (Å²) in [5.41, 5.74) is 0. The maximum Gasteiger partial charge on any atom is 0.241 e. The lowest BCUT2D eigenvalue weighted by atomic mass is 10.4. The standard InChI is InChI=1S/C12H17NO3S2/c14-8-3-9-17-11-4-1-2-5-12(11)18(15,16)13-10-6-7-10/h1-2,4-5,10,13-14H,3,6-9H2. The Morgan fingerprint density at radius 2 is 2.06 bits per heavy atom. The van der Waals surface area contributed by atoms with Crippen LogP contribution in [0.5, 0.6) is 0 Å². The van der Waals surface area contributed by atoms with Crippen LogP contribution in [0.15, 0.2) is 34.1 Å². The van der Waals surface area contributed by atoms with Gasteiger partial charge in [0.15, 0.2) is 0 Å². The summed E-state index contributed by atoms with van der Waals surface area (Å²) in [6.07, 6.45) is 2.52. The number of sulfonamides is 1. The fourth-order valence-corrected chi connectivity index (χ4v) is 4.30. The summed E-state index contributed by atoms with van der Waals surface area (Å²) in [5.74, 6) is 0.715. The van der Waals surface area contributed by atoms with Crippen molar-refractivity contribution in [3.8, 4) is 0 Å². The Labute approximate surface area is 112 Å². The van der Waals surface area contributed by atoms with E-state index in [4.69, 9.17) is 5.11 Å². The zero-order valence-corrected chi connectivity index (χ0v) is 11.6. The van der Waals surface area contributed by atoms with Gasteiger partial charge in [-0.2, -0.15) is 0 Å². The maximum absolute atomic E-state index is 12.2. The van der Waals surface area contributed by atoms with Crippen LogP contribution in [0.3, 0.4) is 0 Å². The number of aliphatic hydroxyl groups excluding tert-OH is 1. The summed E-state index contributed by atoms with van der Waals surface area (Å²) < 4.78 is 27.0. The molecule has 6 heteroatoms. The Kier molecular flexibility index (Phi) is 4.66. The van der Waals surface area contributed by atoms with Gasteiger partial charge in [-0.3, -0.25) is 0 Å². The molecule has 18 heavy (non-hydrogen) atoms. The fourth-order valence-electron chi connectivity index (χ4n) is 1.52. The average molecular weight is 287 g/mol. The van der Waals surface area contributed by atoms with E-state index in [-0.39, 0.29) is 12.6 Å². The maximum atomic E-state index is 12.2. The largest absolute Gasteiger partial charge is 0.396 e. The van der Waals surface area contributed by atoms with Gasteiger partial charge >= 0.3 is 0 Å². The Morgan fingerprint density at radius 3 is 2.72 bits per heavy atom. The number of rotatable bonds is 7. The number of aliphatic hydroxyl groups is 1. The smallest absolute Gasteiger partial charge is 0.241 e. The van der Waals surface area contributed by atoms with Crippen LogP contribution in [0.4, 0.5) is 0 Å². The molecule has 100 valence electrons. The van der Waals surface area contributed by atoms with Gasteiger partial charge in [0, 0.05) is 23.3 Å². The second-order valence-corrected chi connectivity index (χ2v) is 7.09. The first-order chi connectivity index (χ1) is 8.63. The molecule has 0 atom stereocenters. The minimum absolute atomic E-state index is 0.116. The summed E-state index contributed by atoms with van der Waals surface area (Å²) >= 11 is 1.47. The zero-order chi connectivity index (χ0) is 13.0. The molecular formula is C12H17NO3S2. The molecule has 2 N–H and O–H groups in total. The number of benzene rings is 1. The van der Waals surface area contributed by atoms with Crippen LogP contribution in [0.25, 0.3) is 0 Å². The summed E-state index contributed by atoms with van der Waals surface area (Å²) in [6.45, 7) is 0.127. The number of thioether (sulfide) groups is 1. The quantitative estimate of drug-likeness (QED) is 0.590. The molecule has 0 unspecified atom stereocenters. The summed E-state index contributed by atoms with van der Waals surface area (Å²) in [7, 11) is -3.40. The van der Waals surface area contributed by atoms with Crippen molar-refractivity contribution in [3.63, 3.8) is 0 Å². The van der Waals surface area contributed by atoms with Crippen molar-refractivity contribution in [2.24, 2.45) is 0 Å². The molecule has 2 rings (SSSR count). The van der Waals surface area contributed by atoms with Crippen molar-refractivity contribution in [1.29, 1.82) is 0 Å². The lowest BCUT2D eigenvalue weighted by molar-refractivity contribution is 0.296. The highest BCUT2D eigenvalue weighted by Crippen LogP contribution is 2.29. The van der Waals surface area contributed by atoms with Crippen LogP contribution < -0.4 is 4.72 Å². The predicted molar refractivity (Wildman–Crippen MR) is 72.2 cm³/mol. The van der Waals surface area contributed by atoms with Crippen LogP contribution in [-0.2, 0) is 10.0 Å². The van der Waals surface area contributed by atoms with Crippen LogP contribution >= 0.6 is 11.8 Å². The van der Waals surface area contributed by atoms with Crippen molar-refractivity contribution < 1.29 is 13.5 Å². The number of hydrogen-bond acceptors (Lipinski definition) is 4. The van der Waals surface area contributed by atoms with Gasteiger partial charge < -0.3 is 5.11 Å². The van der Waals surface area contributed by atoms with Crippen LogP contribution in [0, 0.1) is 0 Å². The molecule has 0 amide bonds. The van der Waals surface area contributed by atoms with Crippen molar-refractivity contribution in [3.05, 3.63) is 24.3 Å². The van der Waals surface area contributed by atoms with Crippen LogP contribution in [0.1, 0.15) is 19.3 Å². The number of hydrogen-bond donors (Lipinski definition) is 2. The molecule has 1 saturated carbocycles. The second-order valence-electron chi connectivity index (χ2n) is 4.27. The Hall–Kier alpha value is -0.560. The van der Waals surface area contributed by atoms with E-state index in [1.807, 2.05) is 12.1 Å². The van der Waals surface area contributed by atoms with E-state index in [0.717, 1.165) is 17.7 Å². The fraction of sp³-hybridized carbons (Fsp3) is 0.500. The van der Waals surface area contributed by atoms with E-state index in [1.165, 1.54) is 11.8 Å². The van der Waals surface area contributed by atoms with Crippen molar-refractivity contribution in [1.82, 2.24) is 4.72 Å². The summed E-state index contributed by atoms with van der Waals surface area (Å²) in [4.78, 5) is 1.10. The highest BCUT2D eigenvalue weighted by Gasteiger charge is 2.29. The molecule has 1 fully saturated rings. The normalized spacial score (nSPS) is 15.8. The lowest BCUT2D eigenvalue weighted by Crippen LogP contribution is -2.26. The van der Waals surface area contributed by atoms with E-state index in [2.05, 4.69) is 4.72 Å². The van der Waals surface area contributed by atoms with Crippen molar-refractivity contribution in [2.75, 3.05) is 12.4 Å². The molecule has 0 aliphatic heterocycles. The molecule has 1 aromatic carbocycles. The van der Waals surface area contributed by atoms with E-state index in [1.54, 1.807) is 12.1 Å². The highest BCUT2D eigenvalue weighted by atomic mass is 32.2. The van der Waals surface area contributed by atoms with Crippen molar-refractivity contribution in [2.45, 2.75) is 35.1 Å². The van der Waals surface area contributed by atoms with Crippen LogP contribution in [-0.4, -0.2) is 31.9 Å². The SMILES string of the molecule is O=S(=O)(NC1CC1)c1ccccc1SCCCO. The van der Waals surface area contributed by atoms with Gasteiger partial charge in [-0.1, -0.05) is 12.1 Å². The Balaban J connectivity index is 2.15. The molecule has 1 aliphatic rings. The molecule has 1 aromatic rings. The van der Waals surface area contributed by atoms with Gasteiger partial charge in [0.05, 0.1) is 4.90 Å². The lowest BCUT2D eigenvalue weighted by Gasteiger charge is -2.10. The third-order valence-corrected chi connectivity index (χ3v) is 5.47. The molecular weight excluding hydrogens is 270 g/mol. The molecule has 0 heterocycles. The van der Waals surface area contributed by atoms with Gasteiger partial charge in [0.2, 0.25) is 10.0 Å². The van der Waals surface area contributed by atoms with Gasteiger partial charge in [-0.15, -0.1) is 11.8 Å². The Bertz CT molecular complexity index is 498. The summed E-state index contributed by atoms with van der Waals surface area (Å²) in [5, 5.41) is 8.76. The van der Waals surface area contributed by atoms with Crippen LogP contribution in [0.2, 0.25) is 0 Å². The van der Waals surface area contributed by atoms with E-state index in [0.29, 0.717) is 17.1 Å². The van der Waals surface area contributed by atoms with E-state index < -0.39 is 10.0 Å². The van der Waals surface area contributed by atoms with E-state index in [9.17, 15) is 8.42 Å². The molecule has 0 radical (unpaired) electrons. The first-order valence-electron chi connectivity index (χ1n) is 5.98. The molecule has 0 bridgehead atoms. The van der Waals surface area contributed by atoms with E-state index >= 15 is 0 Å². The van der Waals surface area contributed by atoms with Gasteiger partial charge in [-0.05, 0) is 31.4 Å². The topological polar surface area (TPSA) is 66.4 Å². The predicted octanol–water partition coefficient (Wildman–Crippen LogP) is 1.60. The zero-order valence-electron chi connectivity index (χ0n) is 10.0. The average Bonchev–Trinajstić information content (AvgIpc) is 3.13. The Morgan fingerprint density at radius 1 is 1.33 bits per heavy atom. The minimum Gasteiger partial charge on any atom is -0.396 e. The second kappa shape index (κ2) is 6.06. The molecule has 1 aliphatic carbocycles. The van der Waals surface area contributed by atoms with Gasteiger partial charge in [0.1, 0.15) is 0 Å². The third kappa shape index (κ3) is 3.71. The third-order valence-electron chi connectivity index (χ3n) is 2.60. The molecule has 0 saturated heterocycles. The highest BCUT2D eigenvalue weighted by molar-refractivity contribution is 8.00. The monoisotopic (exact) mass is 287 g/mol. The first-order valence-corrected chi connectivity index (χ1v) is 8.45. The number of nitrogens with one attached hydrogen (secondary N) is 1. The molecule has 0 spiro atoms. The minimum atomic E-state index is -3.40. The van der Waals surface area contributed by atoms with Gasteiger partial charge in [0.25, 0.3) is 0 Å². The molecule has 4 nitrogen and oxygen atoms in total. The van der Waals surface area contributed by atoms with Crippen molar-refractivity contribution >= 4 is 21.8 Å². The van der Waals surface area contributed by atoms with Gasteiger partial charge in [-0.25, -0.2) is 13.1 Å². The molecule has 0 aromatic heterocycles.